The van der Waals surface area contributed by atoms with Gasteiger partial charge in [0.15, 0.2) is 0 Å². The van der Waals surface area contributed by atoms with E-state index in [0.29, 0.717) is 16.7 Å². The zero-order chi connectivity index (χ0) is 24.2. The first-order valence-electron chi connectivity index (χ1n) is 14.3. The van der Waals surface area contributed by atoms with Crippen LogP contribution in [0.25, 0.3) is 0 Å². The van der Waals surface area contributed by atoms with Crippen LogP contribution in [0.15, 0.2) is 11.1 Å². The fourth-order valence-corrected chi connectivity index (χ4v) is 9.71. The van der Waals surface area contributed by atoms with E-state index in [1.807, 2.05) is 11.1 Å². The molecule has 0 amide bonds. The fraction of sp³-hybridized carbons (Fsp3) is 0.903. The predicted molar refractivity (Wildman–Crippen MR) is 138 cm³/mol. The normalized spacial score (nSPS) is 40.8. The Labute approximate surface area is 204 Å². The van der Waals surface area contributed by atoms with Gasteiger partial charge in [0, 0.05) is 12.3 Å². The van der Waals surface area contributed by atoms with E-state index in [9.17, 15) is 4.79 Å². The van der Waals surface area contributed by atoms with Gasteiger partial charge in [-0.2, -0.15) is 0 Å². The Morgan fingerprint density at radius 3 is 2.36 bits per heavy atom. The van der Waals surface area contributed by atoms with Crippen molar-refractivity contribution >= 4 is 5.97 Å². The fourth-order valence-electron chi connectivity index (χ4n) is 9.71. The van der Waals surface area contributed by atoms with Crippen LogP contribution in [0.3, 0.4) is 0 Å². The van der Waals surface area contributed by atoms with Gasteiger partial charge in [-0.15, -0.1) is 0 Å². The zero-order valence-electron chi connectivity index (χ0n) is 23.1. The third-order valence-corrected chi connectivity index (χ3v) is 11.4. The van der Waals surface area contributed by atoms with E-state index in [2.05, 4.69) is 48.5 Å². The number of carbonyl (C=O) groups excluding carboxylic acids is 1. The molecule has 2 nitrogen and oxygen atoms in total. The molecule has 0 saturated heterocycles. The summed E-state index contributed by atoms with van der Waals surface area (Å²) in [6, 6.07) is 0. The molecule has 0 N–H and O–H groups in total. The molecule has 4 rings (SSSR count). The highest BCUT2D eigenvalue weighted by Crippen LogP contribution is 2.68. The number of fused-ring (bicyclic) bond motifs is 4. The van der Waals surface area contributed by atoms with Gasteiger partial charge in [0.05, 0.1) is 0 Å². The van der Waals surface area contributed by atoms with Crippen LogP contribution in [-0.2, 0) is 9.53 Å². The van der Waals surface area contributed by atoms with Gasteiger partial charge in [-0.25, -0.2) is 0 Å². The number of hydrogen-bond donors (Lipinski definition) is 0. The quantitative estimate of drug-likeness (QED) is 0.295. The van der Waals surface area contributed by atoms with Crippen molar-refractivity contribution in [2.75, 3.05) is 0 Å². The third kappa shape index (κ3) is 4.24. The van der Waals surface area contributed by atoms with Gasteiger partial charge in [-0.1, -0.05) is 78.9 Å². The van der Waals surface area contributed by atoms with Crippen LogP contribution in [0.4, 0.5) is 0 Å². The second-order valence-electron chi connectivity index (χ2n) is 14.0. The molecule has 0 heterocycles. The van der Waals surface area contributed by atoms with E-state index in [1.165, 1.54) is 64.2 Å². The van der Waals surface area contributed by atoms with Crippen LogP contribution in [0.1, 0.15) is 126 Å². The molecule has 2 saturated carbocycles. The number of carbonyl (C=O) groups is 1. The van der Waals surface area contributed by atoms with Crippen LogP contribution in [0.2, 0.25) is 0 Å². The number of allylic oxidation sites excluding steroid dienone is 2. The smallest absolute Gasteiger partial charge is 0.302 e. The first-order valence-corrected chi connectivity index (χ1v) is 14.3. The summed E-state index contributed by atoms with van der Waals surface area (Å²) in [5, 5.41) is 0. The summed E-state index contributed by atoms with van der Waals surface area (Å²) in [6.07, 6.45) is 14.7. The maximum Gasteiger partial charge on any atom is 0.302 e. The minimum absolute atomic E-state index is 0.0566. The molecule has 2 fully saturated rings. The second-order valence-corrected chi connectivity index (χ2v) is 14.0. The van der Waals surface area contributed by atoms with Crippen LogP contribution in [0, 0.1) is 45.8 Å². The molecule has 0 unspecified atom stereocenters. The van der Waals surface area contributed by atoms with Crippen molar-refractivity contribution in [2.45, 2.75) is 132 Å². The van der Waals surface area contributed by atoms with Crippen LogP contribution in [-0.4, -0.2) is 12.1 Å². The second kappa shape index (κ2) is 9.02. The predicted octanol–water partition coefficient (Wildman–Crippen LogP) is 8.74. The molecule has 0 aromatic carbocycles. The number of hydrogen-bond acceptors (Lipinski definition) is 2. The standard InChI is InChI=1S/C31H52O2/c1-20(2)10-9-11-21(3)24-13-14-25-23-12-15-27-29(5,6)28(33-22(4)32)17-19-31(27,8)26(23)16-18-30(24,25)7/h20-21,24-25,27-28H,9-19H2,1-8H3/t21-,24-,25+,27+,28+,30-,31-/m1/s1. The molecule has 2 heteroatoms. The highest BCUT2D eigenvalue weighted by Gasteiger charge is 2.59. The van der Waals surface area contributed by atoms with Gasteiger partial charge in [0.2, 0.25) is 0 Å². The summed E-state index contributed by atoms with van der Waals surface area (Å²) in [7, 11) is 0. The lowest BCUT2D eigenvalue weighted by Crippen LogP contribution is -2.54. The maximum absolute atomic E-state index is 11.8. The van der Waals surface area contributed by atoms with E-state index in [4.69, 9.17) is 4.74 Å². The van der Waals surface area contributed by atoms with E-state index in [-0.39, 0.29) is 17.5 Å². The molecule has 7 atom stereocenters. The van der Waals surface area contributed by atoms with Crippen molar-refractivity contribution in [2.24, 2.45) is 45.8 Å². The lowest BCUT2D eigenvalue weighted by Gasteiger charge is -2.60. The molecule has 0 radical (unpaired) electrons. The summed E-state index contributed by atoms with van der Waals surface area (Å²) in [6.45, 7) is 18.9. The van der Waals surface area contributed by atoms with E-state index < -0.39 is 0 Å². The van der Waals surface area contributed by atoms with Crippen LogP contribution < -0.4 is 0 Å². The van der Waals surface area contributed by atoms with Crippen molar-refractivity contribution < 1.29 is 9.53 Å². The maximum atomic E-state index is 11.8. The monoisotopic (exact) mass is 456 g/mol. The number of ether oxygens (including phenoxy) is 1. The summed E-state index contributed by atoms with van der Waals surface area (Å²) < 4.78 is 5.85. The molecule has 0 spiro atoms. The first-order chi connectivity index (χ1) is 15.4. The van der Waals surface area contributed by atoms with E-state index >= 15 is 0 Å². The van der Waals surface area contributed by atoms with E-state index in [0.717, 1.165) is 30.1 Å². The van der Waals surface area contributed by atoms with E-state index in [1.54, 1.807) is 6.92 Å². The summed E-state index contributed by atoms with van der Waals surface area (Å²) in [5.41, 5.74) is 4.62. The Morgan fingerprint density at radius 1 is 0.970 bits per heavy atom. The van der Waals surface area contributed by atoms with Crippen molar-refractivity contribution in [3.05, 3.63) is 11.1 Å². The van der Waals surface area contributed by atoms with Gasteiger partial charge in [0.1, 0.15) is 6.10 Å². The highest BCUT2D eigenvalue weighted by molar-refractivity contribution is 5.66. The van der Waals surface area contributed by atoms with Gasteiger partial charge < -0.3 is 4.74 Å². The Bertz CT molecular complexity index is 776. The minimum atomic E-state index is -0.111. The lowest BCUT2D eigenvalue weighted by atomic mass is 9.45. The first kappa shape index (κ1) is 25.3. The molecule has 4 aliphatic rings. The Balaban J connectivity index is 1.55. The van der Waals surface area contributed by atoms with Gasteiger partial charge in [-0.05, 0) is 91.8 Å². The molecule has 0 aromatic rings. The lowest BCUT2D eigenvalue weighted by molar-refractivity contribution is -0.167. The summed E-state index contributed by atoms with van der Waals surface area (Å²) >= 11 is 0. The van der Waals surface area contributed by atoms with Gasteiger partial charge in [-0.3, -0.25) is 4.79 Å². The average Bonchev–Trinajstić information content (AvgIpc) is 3.07. The SMILES string of the molecule is CC(=O)O[C@H]1CC[C@]2(C)C3=C(CC[C@H]2C1(C)C)[C@@H]1CC[C@H]([C@H](C)CCCC(C)C)[C@@]1(C)CC3. The summed E-state index contributed by atoms with van der Waals surface area (Å²) in [4.78, 5) is 11.8. The highest BCUT2D eigenvalue weighted by atomic mass is 16.5. The Kier molecular flexibility index (Phi) is 6.91. The number of rotatable bonds is 6. The Morgan fingerprint density at radius 2 is 1.70 bits per heavy atom. The topological polar surface area (TPSA) is 26.3 Å². The minimum Gasteiger partial charge on any atom is -0.462 e. The average molecular weight is 457 g/mol. The molecular weight excluding hydrogens is 404 g/mol. The third-order valence-electron chi connectivity index (χ3n) is 11.4. The van der Waals surface area contributed by atoms with Crippen molar-refractivity contribution in [3.63, 3.8) is 0 Å². The summed E-state index contributed by atoms with van der Waals surface area (Å²) in [5.74, 6) is 3.95. The van der Waals surface area contributed by atoms with Crippen LogP contribution in [0.5, 0.6) is 0 Å². The van der Waals surface area contributed by atoms with Crippen molar-refractivity contribution in [1.82, 2.24) is 0 Å². The molecule has 33 heavy (non-hydrogen) atoms. The number of esters is 1. The van der Waals surface area contributed by atoms with Crippen molar-refractivity contribution in [3.8, 4) is 0 Å². The molecule has 0 aromatic heterocycles. The molecule has 188 valence electrons. The van der Waals surface area contributed by atoms with Gasteiger partial charge >= 0.3 is 5.97 Å². The van der Waals surface area contributed by atoms with Crippen molar-refractivity contribution in [1.29, 1.82) is 0 Å². The zero-order valence-corrected chi connectivity index (χ0v) is 23.1. The van der Waals surface area contributed by atoms with Gasteiger partial charge in [0.25, 0.3) is 0 Å². The molecule has 0 aliphatic heterocycles. The molecule has 0 bridgehead atoms. The van der Waals surface area contributed by atoms with Crippen LogP contribution >= 0.6 is 0 Å². The molecular formula is C31H52O2. The Hall–Kier alpha value is -0.790. The molecule has 4 aliphatic carbocycles. The largest absolute Gasteiger partial charge is 0.462 e.